The number of rotatable bonds is 4. The van der Waals surface area contributed by atoms with E-state index >= 15 is 0 Å². The number of fused-ring (bicyclic) bond motifs is 1. The minimum Gasteiger partial charge on any atom is -0.355 e. The van der Waals surface area contributed by atoms with Gasteiger partial charge in [-0.15, -0.1) is 0 Å². The number of benzene rings is 2. The van der Waals surface area contributed by atoms with Gasteiger partial charge in [0, 0.05) is 27.8 Å². The van der Waals surface area contributed by atoms with Crippen LogP contribution >= 0.6 is 0 Å². The van der Waals surface area contributed by atoms with E-state index in [1.54, 1.807) is 13.0 Å². The highest BCUT2D eigenvalue weighted by Gasteiger charge is 2.08. The number of H-pyrrole nitrogens is 1. The molecule has 1 heterocycles. The van der Waals surface area contributed by atoms with Gasteiger partial charge in [-0.05, 0) is 31.2 Å². The van der Waals surface area contributed by atoms with Gasteiger partial charge in [0.25, 0.3) is 0 Å². The van der Waals surface area contributed by atoms with Crippen LogP contribution in [0.3, 0.4) is 0 Å². The smallest absolute Gasteiger partial charge is 0.232 e. The van der Waals surface area contributed by atoms with Crippen LogP contribution in [0.1, 0.15) is 6.92 Å². The molecule has 0 aliphatic carbocycles. The lowest BCUT2D eigenvalue weighted by Gasteiger charge is -2.07. The third-order valence-corrected chi connectivity index (χ3v) is 4.66. The lowest BCUT2D eigenvalue weighted by Crippen LogP contribution is -2.14. The van der Waals surface area contributed by atoms with Crippen molar-refractivity contribution >= 4 is 26.6 Å². The Hall–Kier alpha value is -2.27. The first kappa shape index (κ1) is 13.7. The molecule has 108 valence electrons. The molecule has 21 heavy (non-hydrogen) atoms. The molecule has 3 aromatic rings. The Labute approximate surface area is 123 Å². The highest BCUT2D eigenvalue weighted by atomic mass is 32.2. The molecule has 0 saturated heterocycles. The summed E-state index contributed by atoms with van der Waals surface area (Å²) in [6, 6.07) is 17.5. The third kappa shape index (κ3) is 2.92. The van der Waals surface area contributed by atoms with Gasteiger partial charge in [-0.25, -0.2) is 8.42 Å². The van der Waals surface area contributed by atoms with Gasteiger partial charge in [0.15, 0.2) is 0 Å². The van der Waals surface area contributed by atoms with Gasteiger partial charge in [0.2, 0.25) is 10.0 Å². The molecule has 2 aromatic carbocycles. The highest BCUT2D eigenvalue weighted by Crippen LogP contribution is 2.26. The Morgan fingerprint density at radius 2 is 1.86 bits per heavy atom. The number of hydrogen-bond acceptors (Lipinski definition) is 2. The van der Waals surface area contributed by atoms with Crippen molar-refractivity contribution < 1.29 is 8.42 Å². The van der Waals surface area contributed by atoms with E-state index in [2.05, 4.69) is 15.8 Å². The van der Waals surface area contributed by atoms with E-state index in [4.69, 9.17) is 0 Å². The van der Waals surface area contributed by atoms with E-state index < -0.39 is 10.0 Å². The molecule has 4 nitrogen and oxygen atoms in total. The summed E-state index contributed by atoms with van der Waals surface area (Å²) in [4.78, 5) is 3.34. The van der Waals surface area contributed by atoms with E-state index in [0.717, 1.165) is 22.2 Å². The molecular formula is C16H16N2O2S. The molecular weight excluding hydrogens is 284 g/mol. The second-order valence-electron chi connectivity index (χ2n) is 4.86. The number of hydrogen-bond donors (Lipinski definition) is 2. The SMILES string of the molecule is CCS(=O)(=O)Nc1cccc(-c2cc3ccccc3[nH]2)c1. The fraction of sp³-hybridized carbons (Fsp3) is 0.125. The van der Waals surface area contributed by atoms with Crippen molar-refractivity contribution in [3.8, 4) is 11.3 Å². The van der Waals surface area contributed by atoms with Crippen LogP contribution in [0.4, 0.5) is 5.69 Å². The molecule has 0 unspecified atom stereocenters. The lowest BCUT2D eigenvalue weighted by atomic mass is 10.1. The fourth-order valence-corrected chi connectivity index (χ4v) is 2.86. The van der Waals surface area contributed by atoms with E-state index in [1.165, 1.54) is 0 Å². The quantitative estimate of drug-likeness (QED) is 0.773. The van der Waals surface area contributed by atoms with Crippen LogP contribution in [0.5, 0.6) is 0 Å². The summed E-state index contributed by atoms with van der Waals surface area (Å²) in [5, 5.41) is 1.13. The average molecular weight is 300 g/mol. The zero-order valence-electron chi connectivity index (χ0n) is 11.6. The van der Waals surface area contributed by atoms with Gasteiger partial charge in [-0.2, -0.15) is 0 Å². The van der Waals surface area contributed by atoms with E-state index in [-0.39, 0.29) is 5.75 Å². The van der Waals surface area contributed by atoms with Gasteiger partial charge in [-0.3, -0.25) is 4.72 Å². The lowest BCUT2D eigenvalue weighted by molar-refractivity contribution is 0.602. The van der Waals surface area contributed by atoms with Crippen LogP contribution in [-0.4, -0.2) is 19.2 Å². The van der Waals surface area contributed by atoms with Crippen molar-refractivity contribution in [1.82, 2.24) is 4.98 Å². The normalized spacial score (nSPS) is 11.7. The first-order valence-corrected chi connectivity index (χ1v) is 8.41. The summed E-state index contributed by atoms with van der Waals surface area (Å²) in [6.07, 6.45) is 0. The van der Waals surface area contributed by atoms with Crippen LogP contribution < -0.4 is 4.72 Å². The van der Waals surface area contributed by atoms with E-state index in [1.807, 2.05) is 42.5 Å². The molecule has 0 atom stereocenters. The Balaban J connectivity index is 1.99. The maximum atomic E-state index is 11.6. The summed E-state index contributed by atoms with van der Waals surface area (Å²) in [5.41, 5.74) is 3.55. The minimum atomic E-state index is -3.26. The van der Waals surface area contributed by atoms with Crippen molar-refractivity contribution in [3.63, 3.8) is 0 Å². The molecule has 2 N–H and O–H groups in total. The topological polar surface area (TPSA) is 62.0 Å². The van der Waals surface area contributed by atoms with Gasteiger partial charge in [-0.1, -0.05) is 30.3 Å². The number of sulfonamides is 1. The summed E-state index contributed by atoms with van der Waals surface area (Å²) in [6.45, 7) is 1.61. The number of aromatic amines is 1. The Morgan fingerprint density at radius 3 is 2.62 bits per heavy atom. The summed E-state index contributed by atoms with van der Waals surface area (Å²) < 4.78 is 25.8. The number of anilines is 1. The average Bonchev–Trinajstić information content (AvgIpc) is 2.91. The molecule has 0 amide bonds. The Bertz CT molecular complexity index is 849. The van der Waals surface area contributed by atoms with E-state index in [0.29, 0.717) is 5.69 Å². The van der Waals surface area contributed by atoms with Gasteiger partial charge in [0.05, 0.1) is 5.75 Å². The predicted molar refractivity (Wildman–Crippen MR) is 86.8 cm³/mol. The maximum Gasteiger partial charge on any atom is 0.232 e. The first-order valence-electron chi connectivity index (χ1n) is 6.76. The van der Waals surface area contributed by atoms with Crippen LogP contribution in [0, 0.1) is 0 Å². The van der Waals surface area contributed by atoms with Crippen molar-refractivity contribution in [2.45, 2.75) is 6.92 Å². The molecule has 0 saturated carbocycles. The molecule has 5 heteroatoms. The molecule has 0 bridgehead atoms. The summed E-state index contributed by atoms with van der Waals surface area (Å²) >= 11 is 0. The number of nitrogens with one attached hydrogen (secondary N) is 2. The second-order valence-corrected chi connectivity index (χ2v) is 6.87. The second kappa shape index (κ2) is 5.26. The van der Waals surface area contributed by atoms with Gasteiger partial charge < -0.3 is 4.98 Å². The van der Waals surface area contributed by atoms with Crippen molar-refractivity contribution in [2.75, 3.05) is 10.5 Å². The standard InChI is InChI=1S/C16H16N2O2S/c1-2-21(19,20)18-14-8-5-7-12(10-14)16-11-13-6-3-4-9-15(13)17-16/h3-11,17-18H,2H2,1H3. The largest absolute Gasteiger partial charge is 0.355 e. The van der Waals surface area contributed by atoms with Crippen molar-refractivity contribution in [3.05, 3.63) is 54.6 Å². The molecule has 0 radical (unpaired) electrons. The first-order chi connectivity index (χ1) is 10.1. The molecule has 0 fully saturated rings. The van der Waals surface area contributed by atoms with Crippen LogP contribution in [-0.2, 0) is 10.0 Å². The van der Waals surface area contributed by atoms with Crippen LogP contribution in [0.15, 0.2) is 54.6 Å². The Morgan fingerprint density at radius 1 is 1.05 bits per heavy atom. The number of para-hydroxylation sites is 1. The predicted octanol–water partition coefficient (Wildman–Crippen LogP) is 3.60. The third-order valence-electron chi connectivity index (χ3n) is 3.36. The van der Waals surface area contributed by atoms with Crippen LogP contribution in [0.25, 0.3) is 22.2 Å². The number of aromatic nitrogens is 1. The monoisotopic (exact) mass is 300 g/mol. The molecule has 1 aromatic heterocycles. The Kier molecular flexibility index (Phi) is 3.43. The molecule has 3 rings (SSSR count). The summed E-state index contributed by atoms with van der Waals surface area (Å²) in [7, 11) is -3.26. The minimum absolute atomic E-state index is 0.0591. The van der Waals surface area contributed by atoms with E-state index in [9.17, 15) is 8.42 Å². The van der Waals surface area contributed by atoms with Gasteiger partial charge >= 0.3 is 0 Å². The zero-order chi connectivity index (χ0) is 14.9. The molecule has 0 spiro atoms. The fourth-order valence-electron chi connectivity index (χ4n) is 2.23. The maximum absolute atomic E-state index is 11.6. The zero-order valence-corrected chi connectivity index (χ0v) is 12.4. The van der Waals surface area contributed by atoms with Crippen LogP contribution in [0.2, 0.25) is 0 Å². The van der Waals surface area contributed by atoms with Crippen molar-refractivity contribution in [2.24, 2.45) is 0 Å². The summed E-state index contributed by atoms with van der Waals surface area (Å²) in [5.74, 6) is 0.0591. The highest BCUT2D eigenvalue weighted by molar-refractivity contribution is 7.92. The van der Waals surface area contributed by atoms with Gasteiger partial charge in [0.1, 0.15) is 0 Å². The van der Waals surface area contributed by atoms with Crippen molar-refractivity contribution in [1.29, 1.82) is 0 Å². The molecule has 0 aliphatic rings. The molecule has 0 aliphatic heterocycles.